The van der Waals surface area contributed by atoms with Crippen LogP contribution < -0.4 is 10.6 Å². The van der Waals surface area contributed by atoms with Gasteiger partial charge in [0.25, 0.3) is 0 Å². The molecule has 0 radical (unpaired) electrons. The van der Waals surface area contributed by atoms with E-state index in [-0.39, 0.29) is 11.6 Å². The third kappa shape index (κ3) is 4.54. The van der Waals surface area contributed by atoms with Crippen LogP contribution in [0.3, 0.4) is 0 Å². The summed E-state index contributed by atoms with van der Waals surface area (Å²) in [4.78, 5) is 11.0. The number of nitrogens with zero attached hydrogens (tertiary/aromatic N) is 3. The number of hydrogen-bond acceptors (Lipinski definition) is 5. The highest BCUT2D eigenvalue weighted by Gasteiger charge is 2.08. The van der Waals surface area contributed by atoms with E-state index in [2.05, 4.69) is 9.97 Å². The van der Waals surface area contributed by atoms with Gasteiger partial charge < -0.3 is 15.7 Å². The zero-order valence-corrected chi connectivity index (χ0v) is 11.7. The molecule has 0 unspecified atom stereocenters. The van der Waals surface area contributed by atoms with Crippen molar-refractivity contribution in [1.82, 2.24) is 9.97 Å². The van der Waals surface area contributed by atoms with E-state index >= 15 is 0 Å². The molecule has 6 heteroatoms. The Bertz CT molecular complexity index is 411. The van der Waals surface area contributed by atoms with Crippen LogP contribution in [-0.2, 0) is 0 Å². The first-order valence-electron chi connectivity index (χ1n) is 6.02. The maximum Gasteiger partial charge on any atom is 0.225 e. The summed E-state index contributed by atoms with van der Waals surface area (Å²) >= 11 is 4.93. The fourth-order valence-corrected chi connectivity index (χ4v) is 1.69. The van der Waals surface area contributed by atoms with Crippen molar-refractivity contribution in [2.45, 2.75) is 26.2 Å². The molecule has 18 heavy (non-hydrogen) atoms. The highest BCUT2D eigenvalue weighted by molar-refractivity contribution is 7.80. The third-order valence-electron chi connectivity index (χ3n) is 2.59. The molecule has 0 fully saturated rings. The predicted molar refractivity (Wildman–Crippen MR) is 76.9 cm³/mol. The van der Waals surface area contributed by atoms with E-state index < -0.39 is 0 Å². The minimum atomic E-state index is 0.246. The monoisotopic (exact) mass is 268 g/mol. The van der Waals surface area contributed by atoms with Crippen molar-refractivity contribution in [3.05, 3.63) is 17.5 Å². The Balaban J connectivity index is 2.67. The van der Waals surface area contributed by atoms with Crippen molar-refractivity contribution in [3.63, 3.8) is 0 Å². The van der Waals surface area contributed by atoms with Gasteiger partial charge in [-0.15, -0.1) is 0 Å². The second kappa shape index (κ2) is 7.23. The number of anilines is 1. The lowest BCUT2D eigenvalue weighted by Crippen LogP contribution is -2.23. The Morgan fingerprint density at radius 2 is 2.11 bits per heavy atom. The Labute approximate surface area is 113 Å². The van der Waals surface area contributed by atoms with Crippen LogP contribution in [-0.4, -0.2) is 40.3 Å². The van der Waals surface area contributed by atoms with Gasteiger partial charge in [-0.2, -0.15) is 0 Å². The standard InChI is InChI=1S/C12H20N4OS/c1-9-8-10(11(13)18)15-12(14-9)16(2)6-4-3-5-7-17/h8,17H,3-7H2,1-2H3,(H2,13,18). The van der Waals surface area contributed by atoms with Gasteiger partial charge in [0.15, 0.2) is 0 Å². The third-order valence-corrected chi connectivity index (χ3v) is 2.80. The average Bonchev–Trinajstić information content (AvgIpc) is 2.33. The summed E-state index contributed by atoms with van der Waals surface area (Å²) in [6.07, 6.45) is 2.83. The number of aryl methyl sites for hydroxylation is 1. The molecule has 3 N–H and O–H groups in total. The first-order valence-corrected chi connectivity index (χ1v) is 6.43. The summed E-state index contributed by atoms with van der Waals surface area (Å²) in [6.45, 7) is 2.99. The average molecular weight is 268 g/mol. The first kappa shape index (κ1) is 14.8. The van der Waals surface area contributed by atoms with Crippen LogP contribution >= 0.6 is 12.2 Å². The van der Waals surface area contributed by atoms with Crippen LogP contribution in [0.4, 0.5) is 5.95 Å². The van der Waals surface area contributed by atoms with Crippen LogP contribution in [0.2, 0.25) is 0 Å². The van der Waals surface area contributed by atoms with Crippen molar-refractivity contribution in [2.75, 3.05) is 25.1 Å². The van der Waals surface area contributed by atoms with E-state index in [4.69, 9.17) is 23.1 Å². The molecule has 1 heterocycles. The molecule has 0 amide bonds. The zero-order chi connectivity index (χ0) is 13.5. The number of aliphatic hydroxyl groups is 1. The van der Waals surface area contributed by atoms with Gasteiger partial charge in [0.1, 0.15) is 10.7 Å². The molecule has 0 spiro atoms. The van der Waals surface area contributed by atoms with Crippen molar-refractivity contribution in [3.8, 4) is 0 Å². The summed E-state index contributed by atoms with van der Waals surface area (Å²) in [6, 6.07) is 1.78. The number of rotatable bonds is 7. The lowest BCUT2D eigenvalue weighted by Gasteiger charge is -2.17. The molecule has 1 aromatic heterocycles. The Morgan fingerprint density at radius 1 is 1.39 bits per heavy atom. The molecule has 100 valence electrons. The molecule has 0 aliphatic rings. The van der Waals surface area contributed by atoms with Crippen LogP contribution in [0.1, 0.15) is 30.7 Å². The number of nitrogens with two attached hydrogens (primary N) is 1. The Morgan fingerprint density at radius 3 is 2.72 bits per heavy atom. The normalized spacial score (nSPS) is 10.4. The lowest BCUT2D eigenvalue weighted by atomic mass is 10.2. The Kier molecular flexibility index (Phi) is 5.94. The van der Waals surface area contributed by atoms with E-state index in [9.17, 15) is 0 Å². The van der Waals surface area contributed by atoms with E-state index in [0.717, 1.165) is 31.5 Å². The summed E-state index contributed by atoms with van der Waals surface area (Å²) in [5.41, 5.74) is 7.04. The van der Waals surface area contributed by atoms with Gasteiger partial charge in [0.05, 0.1) is 0 Å². The topological polar surface area (TPSA) is 75.3 Å². The quantitative estimate of drug-likeness (QED) is 0.568. The summed E-state index contributed by atoms with van der Waals surface area (Å²) < 4.78 is 0. The maximum atomic E-state index is 8.72. The molecule has 0 saturated heterocycles. The number of aliphatic hydroxyl groups excluding tert-OH is 1. The Hall–Kier alpha value is -1.27. The second-order valence-corrected chi connectivity index (χ2v) is 4.70. The predicted octanol–water partition coefficient (Wildman–Crippen LogP) is 1.02. The van der Waals surface area contributed by atoms with Gasteiger partial charge in [-0.05, 0) is 32.3 Å². The smallest absolute Gasteiger partial charge is 0.225 e. The zero-order valence-electron chi connectivity index (χ0n) is 10.9. The second-order valence-electron chi connectivity index (χ2n) is 4.26. The van der Waals surface area contributed by atoms with E-state index in [1.165, 1.54) is 0 Å². The molecule has 0 aliphatic heterocycles. The van der Waals surface area contributed by atoms with E-state index in [1.807, 2.05) is 18.9 Å². The maximum absolute atomic E-state index is 8.72. The van der Waals surface area contributed by atoms with Crippen LogP contribution in [0.15, 0.2) is 6.07 Å². The van der Waals surface area contributed by atoms with Crippen molar-refractivity contribution >= 4 is 23.2 Å². The molecule has 0 atom stereocenters. The van der Waals surface area contributed by atoms with Crippen molar-refractivity contribution in [1.29, 1.82) is 0 Å². The highest BCUT2D eigenvalue weighted by Crippen LogP contribution is 2.10. The van der Waals surface area contributed by atoms with Crippen molar-refractivity contribution < 1.29 is 5.11 Å². The number of aromatic nitrogens is 2. The molecule has 1 aromatic rings. The van der Waals surface area contributed by atoms with Gasteiger partial charge >= 0.3 is 0 Å². The molecule has 5 nitrogen and oxygen atoms in total. The van der Waals surface area contributed by atoms with Crippen molar-refractivity contribution in [2.24, 2.45) is 5.73 Å². The van der Waals surface area contributed by atoms with Crippen LogP contribution in [0.25, 0.3) is 0 Å². The largest absolute Gasteiger partial charge is 0.396 e. The summed E-state index contributed by atoms with van der Waals surface area (Å²) in [5.74, 6) is 0.641. The molecular weight excluding hydrogens is 248 g/mol. The van der Waals surface area contributed by atoms with Gasteiger partial charge in [-0.1, -0.05) is 12.2 Å². The molecular formula is C12H20N4OS. The fourth-order valence-electron chi connectivity index (χ4n) is 1.59. The fraction of sp³-hybridized carbons (Fsp3) is 0.583. The van der Waals surface area contributed by atoms with E-state index in [1.54, 1.807) is 6.07 Å². The van der Waals surface area contributed by atoms with Crippen LogP contribution in [0, 0.1) is 6.92 Å². The molecule has 1 rings (SSSR count). The lowest BCUT2D eigenvalue weighted by molar-refractivity contribution is 0.283. The minimum Gasteiger partial charge on any atom is -0.396 e. The summed E-state index contributed by atoms with van der Waals surface area (Å²) in [5, 5.41) is 8.72. The van der Waals surface area contributed by atoms with Gasteiger partial charge in [-0.25, -0.2) is 9.97 Å². The summed E-state index contributed by atoms with van der Waals surface area (Å²) in [7, 11) is 1.94. The first-order chi connectivity index (χ1) is 8.54. The molecule has 0 saturated carbocycles. The van der Waals surface area contributed by atoms with E-state index in [0.29, 0.717) is 11.6 Å². The highest BCUT2D eigenvalue weighted by atomic mass is 32.1. The number of unbranched alkanes of at least 4 members (excludes halogenated alkanes) is 2. The van der Waals surface area contributed by atoms with Crippen LogP contribution in [0.5, 0.6) is 0 Å². The minimum absolute atomic E-state index is 0.246. The SMILES string of the molecule is Cc1cc(C(N)=S)nc(N(C)CCCCCO)n1. The molecule has 0 bridgehead atoms. The number of hydrogen-bond donors (Lipinski definition) is 2. The molecule has 0 aromatic carbocycles. The van der Waals surface area contributed by atoms with Gasteiger partial charge in [0, 0.05) is 25.9 Å². The number of thiocarbonyl (C=S) groups is 1. The molecule has 0 aliphatic carbocycles. The van der Waals surface area contributed by atoms with Gasteiger partial charge in [0.2, 0.25) is 5.95 Å². The van der Waals surface area contributed by atoms with Gasteiger partial charge in [-0.3, -0.25) is 0 Å².